The minimum Gasteiger partial charge on any atom is -0.387 e. The van der Waals surface area contributed by atoms with E-state index >= 15 is 0 Å². The second-order valence-electron chi connectivity index (χ2n) is 5.33. The zero-order valence-electron chi connectivity index (χ0n) is 10.9. The van der Waals surface area contributed by atoms with Crippen molar-refractivity contribution >= 4 is 5.84 Å². The van der Waals surface area contributed by atoms with E-state index in [2.05, 4.69) is 25.8 Å². The van der Waals surface area contributed by atoms with E-state index in [1.165, 1.54) is 6.42 Å². The first-order valence-corrected chi connectivity index (χ1v) is 5.82. The summed E-state index contributed by atoms with van der Waals surface area (Å²) in [6.45, 7) is 9.63. The van der Waals surface area contributed by atoms with E-state index < -0.39 is 0 Å². The predicted molar refractivity (Wildman–Crippen MR) is 67.3 cm³/mol. The Balaban J connectivity index is 3.68. The summed E-state index contributed by atoms with van der Waals surface area (Å²) in [5.41, 5.74) is 5.40. The van der Waals surface area contributed by atoms with Crippen molar-refractivity contribution < 1.29 is 0 Å². The van der Waals surface area contributed by atoms with Crippen LogP contribution in [0.3, 0.4) is 0 Å². The fourth-order valence-electron chi connectivity index (χ4n) is 1.32. The predicted octanol–water partition coefficient (Wildman–Crippen LogP) is 2.46. The Labute approximate surface area is 94.5 Å². The Morgan fingerprint density at radius 1 is 1.33 bits per heavy atom. The van der Waals surface area contributed by atoms with Crippen molar-refractivity contribution in [3.05, 3.63) is 0 Å². The van der Waals surface area contributed by atoms with Gasteiger partial charge in [-0.2, -0.15) is 0 Å². The monoisotopic (exact) mass is 213 g/mol. The number of rotatable bonds is 7. The van der Waals surface area contributed by atoms with Gasteiger partial charge in [0.15, 0.2) is 0 Å². The van der Waals surface area contributed by atoms with Gasteiger partial charge in [0.05, 0.1) is 5.84 Å². The smallest absolute Gasteiger partial charge is 0.0963 e. The van der Waals surface area contributed by atoms with Crippen LogP contribution in [-0.4, -0.2) is 30.4 Å². The van der Waals surface area contributed by atoms with Gasteiger partial charge in [-0.05, 0) is 40.3 Å². The molecule has 0 spiro atoms. The van der Waals surface area contributed by atoms with Crippen LogP contribution in [0.15, 0.2) is 0 Å². The maximum Gasteiger partial charge on any atom is 0.0963 e. The molecule has 0 aromatic heterocycles. The molecule has 0 aromatic carbocycles. The lowest BCUT2D eigenvalue weighted by atomic mass is 9.86. The summed E-state index contributed by atoms with van der Waals surface area (Å²) in [5, 5.41) is 7.45. The average molecular weight is 213 g/mol. The molecule has 0 saturated heterocycles. The highest BCUT2D eigenvalue weighted by atomic mass is 15.1. The molecule has 0 atom stereocenters. The second kappa shape index (κ2) is 6.11. The molecular formula is C12H27N3. The summed E-state index contributed by atoms with van der Waals surface area (Å²) in [6, 6.07) is 0.616. The van der Waals surface area contributed by atoms with Crippen molar-refractivity contribution in [3.63, 3.8) is 0 Å². The summed E-state index contributed by atoms with van der Waals surface area (Å²) in [4.78, 5) is 2.35. The van der Waals surface area contributed by atoms with Crippen LogP contribution in [0.4, 0.5) is 0 Å². The van der Waals surface area contributed by atoms with Crippen molar-refractivity contribution in [2.45, 2.75) is 53.0 Å². The van der Waals surface area contributed by atoms with Crippen molar-refractivity contribution in [1.29, 1.82) is 5.41 Å². The minimum absolute atomic E-state index is 0.129. The first-order valence-electron chi connectivity index (χ1n) is 5.82. The van der Waals surface area contributed by atoms with Crippen LogP contribution in [0.5, 0.6) is 0 Å². The first-order chi connectivity index (χ1) is 6.77. The molecule has 0 aliphatic carbocycles. The highest BCUT2D eigenvalue weighted by Crippen LogP contribution is 2.22. The van der Waals surface area contributed by atoms with Gasteiger partial charge < -0.3 is 10.6 Å². The third kappa shape index (κ3) is 5.78. The van der Waals surface area contributed by atoms with Crippen LogP contribution in [0.1, 0.15) is 47.0 Å². The summed E-state index contributed by atoms with van der Waals surface area (Å²) < 4.78 is 0. The SMILES string of the molecule is CC(C)N(C)CCCCC(C)(C)C(=N)N. The molecule has 0 aliphatic heterocycles. The molecule has 0 radical (unpaired) electrons. The maximum absolute atomic E-state index is 7.45. The highest BCUT2D eigenvalue weighted by Gasteiger charge is 2.20. The number of nitrogens with one attached hydrogen (secondary N) is 1. The largest absolute Gasteiger partial charge is 0.387 e. The van der Waals surface area contributed by atoms with Crippen molar-refractivity contribution in [1.82, 2.24) is 4.90 Å². The highest BCUT2D eigenvalue weighted by molar-refractivity contribution is 5.82. The Morgan fingerprint density at radius 3 is 2.27 bits per heavy atom. The van der Waals surface area contributed by atoms with Crippen LogP contribution in [0, 0.1) is 10.8 Å². The van der Waals surface area contributed by atoms with Gasteiger partial charge >= 0.3 is 0 Å². The van der Waals surface area contributed by atoms with Crippen molar-refractivity contribution in [2.24, 2.45) is 11.1 Å². The standard InChI is InChI=1S/C12H27N3/c1-10(2)15(5)9-7-6-8-12(3,4)11(13)14/h10H,6-9H2,1-5H3,(H3,13,14). The third-order valence-electron chi connectivity index (χ3n) is 3.17. The third-order valence-corrected chi connectivity index (χ3v) is 3.17. The molecule has 0 unspecified atom stereocenters. The van der Waals surface area contributed by atoms with Crippen molar-refractivity contribution in [3.8, 4) is 0 Å². The summed E-state index contributed by atoms with van der Waals surface area (Å²) >= 11 is 0. The van der Waals surface area contributed by atoms with E-state index in [-0.39, 0.29) is 5.41 Å². The second-order valence-corrected chi connectivity index (χ2v) is 5.33. The Bertz CT molecular complexity index is 197. The topological polar surface area (TPSA) is 53.1 Å². The molecular weight excluding hydrogens is 186 g/mol. The molecule has 90 valence electrons. The molecule has 0 amide bonds. The molecule has 0 fully saturated rings. The number of nitrogens with zero attached hydrogens (tertiary/aromatic N) is 1. The number of hydrogen-bond donors (Lipinski definition) is 2. The normalized spacial score (nSPS) is 12.5. The molecule has 0 rings (SSSR count). The minimum atomic E-state index is -0.129. The van der Waals surface area contributed by atoms with Gasteiger partial charge in [0, 0.05) is 11.5 Å². The lowest BCUT2D eigenvalue weighted by Gasteiger charge is -2.24. The van der Waals surface area contributed by atoms with E-state index in [9.17, 15) is 0 Å². The van der Waals surface area contributed by atoms with Gasteiger partial charge in [-0.1, -0.05) is 20.3 Å². The Kier molecular flexibility index (Phi) is 5.88. The van der Waals surface area contributed by atoms with Gasteiger partial charge in [-0.25, -0.2) is 0 Å². The van der Waals surface area contributed by atoms with Crippen LogP contribution < -0.4 is 5.73 Å². The van der Waals surface area contributed by atoms with Crippen molar-refractivity contribution in [2.75, 3.05) is 13.6 Å². The van der Waals surface area contributed by atoms with Gasteiger partial charge in [-0.3, -0.25) is 5.41 Å². The first kappa shape index (κ1) is 14.4. The molecule has 0 aliphatic rings. The fourth-order valence-corrected chi connectivity index (χ4v) is 1.32. The van der Waals surface area contributed by atoms with Crippen LogP contribution in [0.25, 0.3) is 0 Å². The molecule has 3 nitrogen and oxygen atoms in total. The number of nitrogens with two attached hydrogens (primary N) is 1. The van der Waals surface area contributed by atoms with Gasteiger partial charge in [0.1, 0.15) is 0 Å². The van der Waals surface area contributed by atoms with E-state index in [1.807, 2.05) is 13.8 Å². The molecule has 3 heteroatoms. The number of amidine groups is 1. The molecule has 3 N–H and O–H groups in total. The van der Waals surface area contributed by atoms with Crippen LogP contribution in [-0.2, 0) is 0 Å². The van der Waals surface area contributed by atoms with Crippen LogP contribution >= 0.6 is 0 Å². The Morgan fingerprint density at radius 2 is 1.87 bits per heavy atom. The summed E-state index contributed by atoms with van der Waals surface area (Å²) in [6.07, 6.45) is 3.34. The average Bonchev–Trinajstić information content (AvgIpc) is 2.11. The van der Waals surface area contributed by atoms with Gasteiger partial charge in [-0.15, -0.1) is 0 Å². The maximum atomic E-state index is 7.45. The fraction of sp³-hybridized carbons (Fsp3) is 0.917. The lowest BCUT2D eigenvalue weighted by molar-refractivity contribution is 0.263. The molecule has 0 bridgehead atoms. The molecule has 0 heterocycles. The number of hydrogen-bond acceptors (Lipinski definition) is 2. The van der Waals surface area contributed by atoms with Crippen LogP contribution in [0.2, 0.25) is 0 Å². The quantitative estimate of drug-likeness (QED) is 0.388. The van der Waals surface area contributed by atoms with Gasteiger partial charge in [0.25, 0.3) is 0 Å². The molecule has 0 aromatic rings. The molecule has 0 saturated carbocycles. The summed E-state index contributed by atoms with van der Waals surface area (Å²) in [7, 11) is 2.15. The zero-order valence-corrected chi connectivity index (χ0v) is 10.9. The zero-order chi connectivity index (χ0) is 12.1. The number of unbranched alkanes of at least 4 members (excludes halogenated alkanes) is 1. The summed E-state index contributed by atoms with van der Waals surface area (Å²) in [5.74, 6) is 0.305. The molecule has 15 heavy (non-hydrogen) atoms. The van der Waals surface area contributed by atoms with E-state index in [0.29, 0.717) is 11.9 Å². The van der Waals surface area contributed by atoms with E-state index in [4.69, 9.17) is 11.1 Å². The lowest BCUT2D eigenvalue weighted by Crippen LogP contribution is -2.31. The Hall–Kier alpha value is -0.570. The van der Waals surface area contributed by atoms with E-state index in [0.717, 1.165) is 19.4 Å². The van der Waals surface area contributed by atoms with E-state index in [1.54, 1.807) is 0 Å². The van der Waals surface area contributed by atoms with Gasteiger partial charge in [0.2, 0.25) is 0 Å².